The van der Waals surface area contributed by atoms with Gasteiger partial charge in [-0.1, -0.05) is 18.2 Å². The molecule has 0 atom stereocenters. The largest absolute Gasteiger partial charge is 0.497 e. The smallest absolute Gasteiger partial charge is 0.319 e. The van der Waals surface area contributed by atoms with Gasteiger partial charge in [-0.3, -0.25) is 9.59 Å². The summed E-state index contributed by atoms with van der Waals surface area (Å²) in [6.07, 6.45) is 3.36. The summed E-state index contributed by atoms with van der Waals surface area (Å²) in [6.45, 7) is 2.80. The molecule has 2 aliphatic heterocycles. The lowest BCUT2D eigenvalue weighted by atomic mass is 9.95. The average Bonchev–Trinajstić information content (AvgIpc) is 3.39. The van der Waals surface area contributed by atoms with Crippen LogP contribution in [0.4, 0.5) is 16.2 Å². The number of hydrogen-bond acceptors (Lipinski definition) is 4. The van der Waals surface area contributed by atoms with Crippen molar-refractivity contribution in [1.29, 1.82) is 0 Å². The molecule has 2 aromatic rings. The summed E-state index contributed by atoms with van der Waals surface area (Å²) < 4.78 is 5.20. The molecule has 0 saturated carbocycles. The maximum absolute atomic E-state index is 12.9. The van der Waals surface area contributed by atoms with E-state index in [0.717, 1.165) is 25.9 Å². The number of amides is 4. The first-order chi connectivity index (χ1) is 16.0. The molecule has 2 fully saturated rings. The second kappa shape index (κ2) is 10.4. The number of hydrogen-bond donors (Lipinski definition) is 2. The van der Waals surface area contributed by atoms with E-state index in [1.54, 1.807) is 55.6 Å². The zero-order valence-electron chi connectivity index (χ0n) is 18.9. The van der Waals surface area contributed by atoms with Gasteiger partial charge in [-0.25, -0.2) is 4.79 Å². The first kappa shape index (κ1) is 22.6. The van der Waals surface area contributed by atoms with E-state index < -0.39 is 0 Å². The van der Waals surface area contributed by atoms with Gasteiger partial charge in [0.05, 0.1) is 18.4 Å². The second-order valence-corrected chi connectivity index (χ2v) is 8.46. The molecule has 4 amide bonds. The number of likely N-dealkylation sites (tertiary alicyclic amines) is 2. The van der Waals surface area contributed by atoms with Crippen LogP contribution in [-0.2, 0) is 4.79 Å². The van der Waals surface area contributed by atoms with E-state index in [1.807, 2.05) is 9.80 Å². The molecule has 0 aromatic heterocycles. The summed E-state index contributed by atoms with van der Waals surface area (Å²) in [7, 11) is 1.57. The van der Waals surface area contributed by atoms with E-state index in [2.05, 4.69) is 10.6 Å². The van der Waals surface area contributed by atoms with Gasteiger partial charge in [-0.2, -0.15) is 0 Å². The summed E-state index contributed by atoms with van der Waals surface area (Å²) in [5.41, 5.74) is 1.46. The van der Waals surface area contributed by atoms with E-state index in [-0.39, 0.29) is 23.8 Å². The van der Waals surface area contributed by atoms with Crippen molar-refractivity contribution < 1.29 is 19.1 Å². The zero-order chi connectivity index (χ0) is 23.2. The van der Waals surface area contributed by atoms with Crippen LogP contribution in [0.2, 0.25) is 0 Å². The second-order valence-electron chi connectivity index (χ2n) is 8.46. The van der Waals surface area contributed by atoms with Crippen molar-refractivity contribution in [1.82, 2.24) is 9.80 Å². The maximum Gasteiger partial charge on any atom is 0.319 e. The number of urea groups is 1. The number of ether oxygens (including phenoxy) is 1. The van der Waals surface area contributed by atoms with E-state index in [4.69, 9.17) is 4.74 Å². The zero-order valence-corrected chi connectivity index (χ0v) is 18.9. The summed E-state index contributed by atoms with van der Waals surface area (Å²) in [5, 5.41) is 5.78. The van der Waals surface area contributed by atoms with Gasteiger partial charge in [-0.15, -0.1) is 0 Å². The molecule has 0 bridgehead atoms. The van der Waals surface area contributed by atoms with Crippen molar-refractivity contribution in [3.8, 4) is 5.75 Å². The quantitative estimate of drug-likeness (QED) is 0.725. The Morgan fingerprint density at radius 1 is 0.879 bits per heavy atom. The van der Waals surface area contributed by atoms with Gasteiger partial charge in [0, 0.05) is 43.9 Å². The minimum atomic E-state index is -0.315. The number of methoxy groups -OCH3 is 1. The third-order valence-corrected chi connectivity index (χ3v) is 6.27. The third kappa shape index (κ3) is 5.45. The lowest BCUT2D eigenvalue weighted by Gasteiger charge is -2.34. The van der Waals surface area contributed by atoms with Crippen LogP contribution in [0.3, 0.4) is 0 Å². The number of para-hydroxylation sites is 1. The Balaban J connectivity index is 1.36. The summed E-state index contributed by atoms with van der Waals surface area (Å²) >= 11 is 0. The first-order valence-electron chi connectivity index (χ1n) is 11.4. The number of piperidine rings is 1. The van der Waals surface area contributed by atoms with E-state index in [0.29, 0.717) is 48.6 Å². The standard InChI is InChI=1S/C25H30N4O4/c1-33-20-8-6-7-19(17-20)26-24(31)21-9-2-3-10-22(21)27-23(30)18-11-15-29(16-12-18)25(32)28-13-4-5-14-28/h2-3,6-10,17-18H,4-5,11-16H2,1H3,(H,26,31)(H,27,30). The molecular weight excluding hydrogens is 420 g/mol. The first-order valence-corrected chi connectivity index (χ1v) is 11.4. The van der Waals surface area contributed by atoms with Crippen molar-refractivity contribution in [3.05, 3.63) is 54.1 Å². The predicted octanol–water partition coefficient (Wildman–Crippen LogP) is 3.81. The predicted molar refractivity (Wildman–Crippen MR) is 127 cm³/mol. The number of carbonyl (C=O) groups is 3. The fourth-order valence-electron chi connectivity index (χ4n) is 4.37. The van der Waals surface area contributed by atoms with Crippen molar-refractivity contribution in [2.75, 3.05) is 43.9 Å². The molecule has 2 aliphatic rings. The summed E-state index contributed by atoms with van der Waals surface area (Å²) in [6, 6.07) is 14.2. The molecule has 0 spiro atoms. The molecule has 33 heavy (non-hydrogen) atoms. The highest BCUT2D eigenvalue weighted by Gasteiger charge is 2.30. The normalized spacial score (nSPS) is 16.4. The highest BCUT2D eigenvalue weighted by molar-refractivity contribution is 6.10. The lowest BCUT2D eigenvalue weighted by molar-refractivity contribution is -0.121. The molecule has 0 radical (unpaired) electrons. The Morgan fingerprint density at radius 3 is 2.30 bits per heavy atom. The number of nitrogens with one attached hydrogen (secondary N) is 2. The molecule has 2 heterocycles. The summed E-state index contributed by atoms with van der Waals surface area (Å²) in [5.74, 6) is 0.0150. The van der Waals surface area contributed by atoms with E-state index in [1.165, 1.54) is 0 Å². The fourth-order valence-corrected chi connectivity index (χ4v) is 4.37. The minimum Gasteiger partial charge on any atom is -0.497 e. The van der Waals surface area contributed by atoms with Gasteiger partial charge in [0.2, 0.25) is 5.91 Å². The SMILES string of the molecule is COc1cccc(NC(=O)c2ccccc2NC(=O)C2CCN(C(=O)N3CCCC3)CC2)c1. The Labute approximate surface area is 193 Å². The molecule has 174 valence electrons. The number of carbonyl (C=O) groups excluding carboxylic acids is 3. The minimum absolute atomic E-state index is 0.0888. The van der Waals surface area contributed by atoms with Crippen LogP contribution in [0, 0.1) is 5.92 Å². The molecule has 8 heteroatoms. The molecule has 0 aliphatic carbocycles. The van der Waals surface area contributed by atoms with Crippen LogP contribution >= 0.6 is 0 Å². The van der Waals surface area contributed by atoms with E-state index >= 15 is 0 Å². The highest BCUT2D eigenvalue weighted by Crippen LogP contribution is 2.24. The average molecular weight is 451 g/mol. The molecule has 2 N–H and O–H groups in total. The van der Waals surface area contributed by atoms with Crippen LogP contribution < -0.4 is 15.4 Å². The van der Waals surface area contributed by atoms with Crippen LogP contribution in [0.5, 0.6) is 5.75 Å². The van der Waals surface area contributed by atoms with Crippen molar-refractivity contribution in [3.63, 3.8) is 0 Å². The number of anilines is 2. The molecule has 8 nitrogen and oxygen atoms in total. The van der Waals surface area contributed by atoms with Gasteiger partial charge >= 0.3 is 6.03 Å². The van der Waals surface area contributed by atoms with Crippen LogP contribution in [0.15, 0.2) is 48.5 Å². The monoisotopic (exact) mass is 450 g/mol. The number of benzene rings is 2. The molecule has 2 saturated heterocycles. The maximum atomic E-state index is 12.9. The molecule has 0 unspecified atom stereocenters. The van der Waals surface area contributed by atoms with Crippen molar-refractivity contribution in [2.45, 2.75) is 25.7 Å². The summed E-state index contributed by atoms with van der Waals surface area (Å²) in [4.78, 5) is 42.2. The fraction of sp³-hybridized carbons (Fsp3) is 0.400. The van der Waals surface area contributed by atoms with Crippen molar-refractivity contribution >= 4 is 29.2 Å². The topological polar surface area (TPSA) is 91.0 Å². The van der Waals surface area contributed by atoms with Gasteiger partial charge < -0.3 is 25.2 Å². The third-order valence-electron chi connectivity index (χ3n) is 6.27. The van der Waals surface area contributed by atoms with Gasteiger partial charge in [0.25, 0.3) is 5.91 Å². The highest BCUT2D eigenvalue weighted by atomic mass is 16.5. The number of rotatable bonds is 5. The Hall–Kier alpha value is -3.55. The lowest BCUT2D eigenvalue weighted by Crippen LogP contribution is -2.47. The van der Waals surface area contributed by atoms with Gasteiger partial charge in [-0.05, 0) is 49.9 Å². The van der Waals surface area contributed by atoms with Gasteiger partial charge in [0.1, 0.15) is 5.75 Å². The van der Waals surface area contributed by atoms with E-state index in [9.17, 15) is 14.4 Å². The molecule has 4 rings (SSSR count). The Morgan fingerprint density at radius 2 is 1.58 bits per heavy atom. The van der Waals surface area contributed by atoms with Crippen LogP contribution in [-0.4, -0.2) is 60.9 Å². The van der Waals surface area contributed by atoms with Crippen LogP contribution in [0.25, 0.3) is 0 Å². The Bertz CT molecular complexity index is 1010. The Kier molecular flexibility index (Phi) is 7.12. The van der Waals surface area contributed by atoms with Crippen LogP contribution in [0.1, 0.15) is 36.0 Å². The van der Waals surface area contributed by atoms with Gasteiger partial charge in [0.15, 0.2) is 0 Å². The number of nitrogens with zero attached hydrogens (tertiary/aromatic N) is 2. The molecular formula is C25H30N4O4. The molecule has 2 aromatic carbocycles. The van der Waals surface area contributed by atoms with Crippen molar-refractivity contribution in [2.24, 2.45) is 5.92 Å².